The molecule has 1 aromatic rings. The fourth-order valence-corrected chi connectivity index (χ4v) is 3.41. The molecule has 0 aromatic carbocycles. The van der Waals surface area contributed by atoms with Crippen LogP contribution in [0.3, 0.4) is 0 Å². The average Bonchev–Trinajstić information content (AvgIpc) is 2.53. The molecule has 0 atom stereocenters. The third-order valence-electron chi connectivity index (χ3n) is 2.39. The van der Waals surface area contributed by atoms with Crippen molar-refractivity contribution in [3.05, 3.63) is 11.1 Å². The first-order valence-electron chi connectivity index (χ1n) is 5.32. The molecule has 1 saturated heterocycles. The largest absolute Gasteiger partial charge is 0.347 e. The third-order valence-corrected chi connectivity index (χ3v) is 4.39. The summed E-state index contributed by atoms with van der Waals surface area (Å²) in [4.78, 5) is 7.06. The van der Waals surface area contributed by atoms with Crippen molar-refractivity contribution < 1.29 is 0 Å². The molecule has 1 aromatic heterocycles. The van der Waals surface area contributed by atoms with E-state index in [4.69, 9.17) is 0 Å². The molecule has 0 bridgehead atoms. The highest BCUT2D eigenvalue weighted by Gasteiger charge is 2.13. The van der Waals surface area contributed by atoms with E-state index in [2.05, 4.69) is 32.3 Å². The van der Waals surface area contributed by atoms with Gasteiger partial charge in [-0.05, 0) is 19.2 Å². The molecular weight excluding hydrogens is 226 g/mol. The lowest BCUT2D eigenvalue weighted by molar-refractivity contribution is 0.779. The Bertz CT molecular complexity index is 293. The predicted molar refractivity (Wildman–Crippen MR) is 69.0 cm³/mol. The number of nitrogens with zero attached hydrogens (tertiary/aromatic N) is 2. The number of hydrogen-bond donors (Lipinski definition) is 1. The SMILES string of the molecule is CNCc1csc(N2CCCSCC2)n1. The van der Waals surface area contributed by atoms with Crippen LogP contribution >= 0.6 is 23.1 Å². The Morgan fingerprint density at radius 3 is 3.27 bits per heavy atom. The van der Waals surface area contributed by atoms with E-state index >= 15 is 0 Å². The summed E-state index contributed by atoms with van der Waals surface area (Å²) in [6, 6.07) is 0. The van der Waals surface area contributed by atoms with Crippen molar-refractivity contribution in [2.45, 2.75) is 13.0 Å². The predicted octanol–water partition coefficient (Wildman–Crippen LogP) is 1.81. The molecule has 0 saturated carbocycles. The number of nitrogens with one attached hydrogen (secondary N) is 1. The topological polar surface area (TPSA) is 28.2 Å². The molecule has 1 N–H and O–H groups in total. The van der Waals surface area contributed by atoms with Gasteiger partial charge in [0.1, 0.15) is 0 Å². The molecule has 15 heavy (non-hydrogen) atoms. The van der Waals surface area contributed by atoms with Gasteiger partial charge in [-0.1, -0.05) is 0 Å². The Hall–Kier alpha value is -0.260. The molecule has 0 spiro atoms. The number of thioether (sulfide) groups is 1. The lowest BCUT2D eigenvalue weighted by Crippen LogP contribution is -2.25. The zero-order valence-electron chi connectivity index (χ0n) is 9.03. The fraction of sp³-hybridized carbons (Fsp3) is 0.700. The molecule has 5 heteroatoms. The summed E-state index contributed by atoms with van der Waals surface area (Å²) in [7, 11) is 1.96. The van der Waals surface area contributed by atoms with Gasteiger partial charge >= 0.3 is 0 Å². The van der Waals surface area contributed by atoms with E-state index in [1.807, 2.05) is 7.05 Å². The number of rotatable bonds is 3. The number of thiazole rings is 1. The first kappa shape index (κ1) is 11.2. The van der Waals surface area contributed by atoms with Gasteiger partial charge in [0.25, 0.3) is 0 Å². The number of anilines is 1. The van der Waals surface area contributed by atoms with Crippen molar-refractivity contribution in [3.63, 3.8) is 0 Å². The van der Waals surface area contributed by atoms with Gasteiger partial charge in [-0.15, -0.1) is 11.3 Å². The molecule has 0 radical (unpaired) electrons. The smallest absolute Gasteiger partial charge is 0.185 e. The molecule has 1 aliphatic rings. The lowest BCUT2D eigenvalue weighted by Gasteiger charge is -2.18. The second kappa shape index (κ2) is 5.72. The molecule has 2 heterocycles. The zero-order valence-corrected chi connectivity index (χ0v) is 10.7. The van der Waals surface area contributed by atoms with Gasteiger partial charge < -0.3 is 10.2 Å². The van der Waals surface area contributed by atoms with Crippen molar-refractivity contribution in [2.75, 3.05) is 36.5 Å². The first-order valence-corrected chi connectivity index (χ1v) is 7.35. The highest BCUT2D eigenvalue weighted by atomic mass is 32.2. The van der Waals surface area contributed by atoms with Crippen LogP contribution in [0.15, 0.2) is 5.38 Å². The van der Waals surface area contributed by atoms with Crippen LogP contribution in [0, 0.1) is 0 Å². The molecule has 1 aliphatic heterocycles. The molecular formula is C10H17N3S2. The van der Waals surface area contributed by atoms with Crippen LogP contribution in [0.5, 0.6) is 0 Å². The standard InChI is InChI=1S/C10H17N3S2/c1-11-7-9-8-15-10(12-9)13-3-2-5-14-6-4-13/h8,11H,2-7H2,1H3. The van der Waals surface area contributed by atoms with Crippen molar-refractivity contribution in [2.24, 2.45) is 0 Å². The fourth-order valence-electron chi connectivity index (χ4n) is 1.64. The van der Waals surface area contributed by atoms with Crippen LogP contribution in [0.1, 0.15) is 12.1 Å². The monoisotopic (exact) mass is 243 g/mol. The maximum Gasteiger partial charge on any atom is 0.185 e. The van der Waals surface area contributed by atoms with Gasteiger partial charge in [0.05, 0.1) is 5.69 Å². The quantitative estimate of drug-likeness (QED) is 0.876. The molecule has 0 unspecified atom stereocenters. The summed E-state index contributed by atoms with van der Waals surface area (Å²) in [5.41, 5.74) is 1.16. The van der Waals surface area contributed by atoms with Gasteiger partial charge in [-0.25, -0.2) is 4.98 Å². The minimum absolute atomic E-state index is 0.874. The van der Waals surface area contributed by atoms with E-state index < -0.39 is 0 Å². The molecule has 1 fully saturated rings. The Kier molecular flexibility index (Phi) is 4.29. The van der Waals surface area contributed by atoms with Crippen molar-refractivity contribution in [3.8, 4) is 0 Å². The lowest BCUT2D eigenvalue weighted by atomic mass is 10.4. The molecule has 2 rings (SSSR count). The third kappa shape index (κ3) is 3.09. The van der Waals surface area contributed by atoms with E-state index in [1.165, 1.54) is 29.6 Å². The number of aromatic nitrogens is 1. The van der Waals surface area contributed by atoms with E-state index in [0.717, 1.165) is 18.8 Å². The summed E-state index contributed by atoms with van der Waals surface area (Å²) in [5, 5.41) is 6.49. The Morgan fingerprint density at radius 2 is 2.40 bits per heavy atom. The summed E-state index contributed by atoms with van der Waals surface area (Å²) in [5.74, 6) is 2.53. The van der Waals surface area contributed by atoms with Gasteiger partial charge in [0, 0.05) is 30.8 Å². The first-order chi connectivity index (χ1) is 7.40. The van der Waals surface area contributed by atoms with Crippen LogP contribution < -0.4 is 10.2 Å². The normalized spacial score (nSPS) is 17.8. The van der Waals surface area contributed by atoms with E-state index in [-0.39, 0.29) is 0 Å². The summed E-state index contributed by atoms with van der Waals surface area (Å²) < 4.78 is 0. The highest BCUT2D eigenvalue weighted by molar-refractivity contribution is 7.99. The maximum absolute atomic E-state index is 4.64. The van der Waals surface area contributed by atoms with Crippen LogP contribution in [0.4, 0.5) is 5.13 Å². The summed E-state index contributed by atoms with van der Waals surface area (Å²) >= 11 is 3.82. The highest BCUT2D eigenvalue weighted by Crippen LogP contribution is 2.23. The Balaban J connectivity index is 2.00. The van der Waals surface area contributed by atoms with Gasteiger partial charge in [-0.2, -0.15) is 11.8 Å². The minimum Gasteiger partial charge on any atom is -0.347 e. The van der Waals surface area contributed by atoms with Crippen molar-refractivity contribution in [1.29, 1.82) is 0 Å². The van der Waals surface area contributed by atoms with Crippen LogP contribution in [0.2, 0.25) is 0 Å². The van der Waals surface area contributed by atoms with E-state index in [0.29, 0.717) is 0 Å². The average molecular weight is 243 g/mol. The van der Waals surface area contributed by atoms with Crippen LogP contribution in [-0.4, -0.2) is 36.6 Å². The van der Waals surface area contributed by atoms with E-state index in [9.17, 15) is 0 Å². The molecule has 3 nitrogen and oxygen atoms in total. The maximum atomic E-state index is 4.64. The van der Waals surface area contributed by atoms with E-state index in [1.54, 1.807) is 11.3 Å². The second-order valence-corrected chi connectivity index (χ2v) is 5.67. The number of hydrogen-bond acceptors (Lipinski definition) is 5. The molecule has 0 amide bonds. The zero-order chi connectivity index (χ0) is 10.5. The second-order valence-electron chi connectivity index (χ2n) is 3.60. The van der Waals surface area contributed by atoms with Gasteiger partial charge in [0.15, 0.2) is 5.13 Å². The van der Waals surface area contributed by atoms with Gasteiger partial charge in [-0.3, -0.25) is 0 Å². The van der Waals surface area contributed by atoms with Crippen molar-refractivity contribution in [1.82, 2.24) is 10.3 Å². The van der Waals surface area contributed by atoms with Gasteiger partial charge in [0.2, 0.25) is 0 Å². The Morgan fingerprint density at radius 1 is 1.47 bits per heavy atom. The van der Waals surface area contributed by atoms with Crippen LogP contribution in [0.25, 0.3) is 0 Å². The summed E-state index contributed by atoms with van der Waals surface area (Å²) in [6.45, 7) is 3.19. The Labute approximate surface area is 99.3 Å². The van der Waals surface area contributed by atoms with Crippen LogP contribution in [-0.2, 0) is 6.54 Å². The van der Waals surface area contributed by atoms with Crippen molar-refractivity contribution >= 4 is 28.2 Å². The molecule has 0 aliphatic carbocycles. The minimum atomic E-state index is 0.874. The summed E-state index contributed by atoms with van der Waals surface area (Å²) in [6.07, 6.45) is 1.28. The molecule has 84 valence electrons.